The molecule has 6 nitrogen and oxygen atoms in total. The Morgan fingerprint density at radius 1 is 1.17 bits per heavy atom. The van der Waals surface area contributed by atoms with Crippen LogP contribution in [0.15, 0.2) is 36.4 Å². The number of benzene rings is 2. The predicted molar refractivity (Wildman–Crippen MR) is 137 cm³/mol. The van der Waals surface area contributed by atoms with Crippen molar-refractivity contribution in [2.75, 3.05) is 26.2 Å². The Labute approximate surface area is 212 Å². The highest BCUT2D eigenvalue weighted by Crippen LogP contribution is 2.26. The molecular formula is C28H32ClN3O3. The first-order valence-electron chi connectivity index (χ1n) is 12.3. The number of ether oxygens (including phenoxy) is 1. The summed E-state index contributed by atoms with van der Waals surface area (Å²) in [4.78, 5) is 33.6. The molecule has 184 valence electrons. The summed E-state index contributed by atoms with van der Waals surface area (Å²) in [5.41, 5.74) is 4.06. The second-order valence-corrected chi connectivity index (χ2v) is 10.0. The SMILES string of the molecule is [C-]#[N+]c1cccc(C(=O)Cc2cc(Cl)cc(CN3CCN(C(=O)[C@H]4CCCCO4)[C@@H](C)C3)c2C)c1. The van der Waals surface area contributed by atoms with E-state index in [1.54, 1.807) is 24.3 Å². The third-order valence-corrected chi connectivity index (χ3v) is 7.30. The van der Waals surface area contributed by atoms with Gasteiger partial charge in [-0.25, -0.2) is 4.85 Å². The largest absolute Gasteiger partial charge is 0.368 e. The summed E-state index contributed by atoms with van der Waals surface area (Å²) in [6.07, 6.45) is 2.85. The number of nitrogens with zero attached hydrogens (tertiary/aromatic N) is 3. The van der Waals surface area contributed by atoms with E-state index in [4.69, 9.17) is 22.9 Å². The van der Waals surface area contributed by atoms with Crippen molar-refractivity contribution in [3.05, 3.63) is 75.1 Å². The van der Waals surface area contributed by atoms with Crippen LogP contribution in [-0.2, 0) is 22.5 Å². The minimum Gasteiger partial charge on any atom is -0.368 e. The van der Waals surface area contributed by atoms with E-state index in [0.717, 1.165) is 49.0 Å². The van der Waals surface area contributed by atoms with Gasteiger partial charge >= 0.3 is 0 Å². The molecule has 2 heterocycles. The van der Waals surface area contributed by atoms with Crippen LogP contribution in [-0.4, -0.2) is 59.9 Å². The first-order chi connectivity index (χ1) is 16.9. The molecule has 2 aliphatic rings. The number of carbonyl (C=O) groups excluding carboxylic acids is 2. The van der Waals surface area contributed by atoms with E-state index >= 15 is 0 Å². The molecule has 0 aromatic heterocycles. The Balaban J connectivity index is 1.42. The zero-order valence-corrected chi connectivity index (χ0v) is 21.2. The average Bonchev–Trinajstić information content (AvgIpc) is 2.87. The van der Waals surface area contributed by atoms with E-state index in [9.17, 15) is 9.59 Å². The highest BCUT2D eigenvalue weighted by atomic mass is 35.5. The van der Waals surface area contributed by atoms with Crippen LogP contribution in [0.1, 0.15) is 53.2 Å². The number of hydrogen-bond acceptors (Lipinski definition) is 4. The molecular weight excluding hydrogens is 462 g/mol. The Hall–Kier alpha value is -2.72. The van der Waals surface area contributed by atoms with E-state index in [1.165, 1.54) is 0 Å². The van der Waals surface area contributed by atoms with Crippen molar-refractivity contribution in [1.29, 1.82) is 0 Å². The fraction of sp³-hybridized carbons (Fsp3) is 0.464. The number of rotatable bonds is 6. The fourth-order valence-electron chi connectivity index (χ4n) is 5.03. The van der Waals surface area contributed by atoms with E-state index in [-0.39, 0.29) is 30.3 Å². The van der Waals surface area contributed by atoms with Crippen molar-refractivity contribution in [3.63, 3.8) is 0 Å². The molecule has 2 fully saturated rings. The molecule has 0 saturated carbocycles. The summed E-state index contributed by atoms with van der Waals surface area (Å²) in [6.45, 7) is 14.9. The summed E-state index contributed by atoms with van der Waals surface area (Å²) < 4.78 is 5.72. The Kier molecular flexibility index (Phi) is 8.22. The summed E-state index contributed by atoms with van der Waals surface area (Å²) >= 11 is 6.46. The number of hydrogen-bond donors (Lipinski definition) is 0. The summed E-state index contributed by atoms with van der Waals surface area (Å²) in [5.74, 6) is 0.0939. The van der Waals surface area contributed by atoms with E-state index in [1.807, 2.05) is 24.0 Å². The second kappa shape index (κ2) is 11.3. The van der Waals surface area contributed by atoms with Crippen molar-refractivity contribution < 1.29 is 14.3 Å². The first-order valence-corrected chi connectivity index (χ1v) is 12.7. The number of amides is 1. The minimum absolute atomic E-state index is 0.0301. The van der Waals surface area contributed by atoms with Crippen LogP contribution >= 0.6 is 11.6 Å². The van der Waals surface area contributed by atoms with Gasteiger partial charge in [-0.15, -0.1) is 0 Å². The van der Waals surface area contributed by atoms with Gasteiger partial charge in [0.2, 0.25) is 0 Å². The molecule has 2 saturated heterocycles. The van der Waals surface area contributed by atoms with Gasteiger partial charge in [0.1, 0.15) is 6.10 Å². The highest BCUT2D eigenvalue weighted by molar-refractivity contribution is 6.30. The third kappa shape index (κ3) is 6.10. The Morgan fingerprint density at radius 3 is 2.69 bits per heavy atom. The number of halogens is 1. The first kappa shape index (κ1) is 25.4. The molecule has 1 amide bonds. The molecule has 0 unspecified atom stereocenters. The third-order valence-electron chi connectivity index (χ3n) is 7.08. The van der Waals surface area contributed by atoms with Gasteiger partial charge in [-0.05, 0) is 68.0 Å². The highest BCUT2D eigenvalue weighted by Gasteiger charge is 2.33. The van der Waals surface area contributed by atoms with Crippen LogP contribution in [0.25, 0.3) is 4.85 Å². The van der Waals surface area contributed by atoms with Crippen molar-refractivity contribution >= 4 is 29.0 Å². The molecule has 2 atom stereocenters. The van der Waals surface area contributed by atoms with Gasteiger partial charge in [0.05, 0.1) is 6.57 Å². The number of ketones is 1. The van der Waals surface area contributed by atoms with Crippen LogP contribution in [0.5, 0.6) is 0 Å². The lowest BCUT2D eigenvalue weighted by Crippen LogP contribution is -2.56. The van der Waals surface area contributed by atoms with Gasteiger partial charge < -0.3 is 9.64 Å². The van der Waals surface area contributed by atoms with Gasteiger partial charge in [-0.3, -0.25) is 14.5 Å². The van der Waals surface area contributed by atoms with Crippen LogP contribution in [0.4, 0.5) is 5.69 Å². The predicted octanol–water partition coefficient (Wildman–Crippen LogP) is 5.23. The van der Waals surface area contributed by atoms with E-state index in [2.05, 4.69) is 16.7 Å². The van der Waals surface area contributed by atoms with Crippen LogP contribution in [0.3, 0.4) is 0 Å². The van der Waals surface area contributed by atoms with Gasteiger partial charge in [0, 0.05) is 55.8 Å². The molecule has 2 aliphatic heterocycles. The Bertz CT molecular complexity index is 1140. The standard InChI is InChI=1S/C28H32ClN3O3/c1-19-17-31(10-11-32(19)28(34)27-9-4-5-12-35-27)18-23-14-24(29)13-22(20(23)2)16-26(33)21-7-6-8-25(15-21)30-3/h6-8,13-15,19,27H,4-5,9-12,16-18H2,1-2H3/t19-,27+/m0/s1. The lowest BCUT2D eigenvalue weighted by Gasteiger charge is -2.41. The molecule has 2 aromatic carbocycles. The lowest BCUT2D eigenvalue weighted by atomic mass is 9.95. The summed E-state index contributed by atoms with van der Waals surface area (Å²) in [6, 6.07) is 10.8. The van der Waals surface area contributed by atoms with E-state index in [0.29, 0.717) is 36.0 Å². The van der Waals surface area contributed by atoms with Gasteiger partial charge in [-0.1, -0.05) is 29.8 Å². The maximum atomic E-state index is 12.9. The lowest BCUT2D eigenvalue weighted by molar-refractivity contribution is -0.151. The second-order valence-electron chi connectivity index (χ2n) is 9.58. The molecule has 35 heavy (non-hydrogen) atoms. The zero-order chi connectivity index (χ0) is 24.9. The average molecular weight is 494 g/mol. The summed E-state index contributed by atoms with van der Waals surface area (Å²) in [7, 11) is 0. The molecule has 0 bridgehead atoms. The zero-order valence-electron chi connectivity index (χ0n) is 20.4. The van der Waals surface area contributed by atoms with Crippen LogP contribution in [0, 0.1) is 13.5 Å². The molecule has 0 spiro atoms. The summed E-state index contributed by atoms with van der Waals surface area (Å²) in [5, 5.41) is 0.611. The number of carbonyl (C=O) groups is 2. The maximum Gasteiger partial charge on any atom is 0.252 e. The minimum atomic E-state index is -0.288. The monoisotopic (exact) mass is 493 g/mol. The maximum absolute atomic E-state index is 12.9. The molecule has 0 aliphatic carbocycles. The molecule has 2 aromatic rings. The van der Waals surface area contributed by atoms with Crippen LogP contribution in [0.2, 0.25) is 5.02 Å². The van der Waals surface area contributed by atoms with Gasteiger partial charge in [0.25, 0.3) is 5.91 Å². The Morgan fingerprint density at radius 2 is 1.97 bits per heavy atom. The van der Waals surface area contributed by atoms with Crippen molar-refractivity contribution in [3.8, 4) is 0 Å². The fourth-order valence-corrected chi connectivity index (χ4v) is 5.30. The van der Waals surface area contributed by atoms with Crippen molar-refractivity contribution in [1.82, 2.24) is 9.80 Å². The van der Waals surface area contributed by atoms with Crippen LogP contribution < -0.4 is 0 Å². The van der Waals surface area contributed by atoms with Gasteiger partial charge in [-0.2, -0.15) is 0 Å². The molecule has 4 rings (SSSR count). The van der Waals surface area contributed by atoms with Crippen molar-refractivity contribution in [2.24, 2.45) is 0 Å². The van der Waals surface area contributed by atoms with E-state index < -0.39 is 0 Å². The molecule has 0 N–H and O–H groups in total. The topological polar surface area (TPSA) is 54.2 Å². The van der Waals surface area contributed by atoms with Crippen molar-refractivity contribution in [2.45, 2.75) is 58.2 Å². The number of piperazine rings is 1. The normalized spacial score (nSPS) is 20.9. The quantitative estimate of drug-likeness (QED) is 0.408. The smallest absolute Gasteiger partial charge is 0.252 e. The number of Topliss-reactive ketones (excluding diaryl/α,β-unsaturated/α-hetero) is 1. The molecule has 0 radical (unpaired) electrons. The molecule has 7 heteroatoms. The van der Waals surface area contributed by atoms with Gasteiger partial charge in [0.15, 0.2) is 11.5 Å².